The minimum absolute atomic E-state index is 0.905. The Bertz CT molecular complexity index is 2530. The summed E-state index contributed by atoms with van der Waals surface area (Å²) >= 11 is 0. The van der Waals surface area contributed by atoms with Crippen LogP contribution in [0.2, 0.25) is 0 Å². The summed E-state index contributed by atoms with van der Waals surface area (Å²) in [6, 6.07) is 66.8. The summed E-state index contributed by atoms with van der Waals surface area (Å²) in [6.45, 7) is 0. The molecule has 0 saturated carbocycles. The second-order valence-electron chi connectivity index (χ2n) is 12.1. The molecule has 0 aliphatic heterocycles. The molecule has 9 aromatic rings. The van der Waals surface area contributed by atoms with E-state index < -0.39 is 0 Å². The van der Waals surface area contributed by atoms with Crippen molar-refractivity contribution in [3.8, 4) is 33.4 Å². The summed E-state index contributed by atoms with van der Waals surface area (Å²) in [6.07, 6.45) is 0. The molecule has 0 aliphatic carbocycles. The van der Waals surface area contributed by atoms with Gasteiger partial charge in [0, 0.05) is 33.2 Å². The summed E-state index contributed by atoms with van der Waals surface area (Å²) in [5.41, 5.74) is 12.3. The van der Waals surface area contributed by atoms with Crippen LogP contribution in [0.15, 0.2) is 192 Å². The number of anilines is 3. The zero-order valence-electron chi connectivity index (χ0n) is 26.3. The number of rotatable bonds is 6. The van der Waals surface area contributed by atoms with Crippen molar-refractivity contribution in [3.63, 3.8) is 0 Å². The Balaban J connectivity index is 1.11. The SMILES string of the molecule is c1ccc(-c2ccccc2-c2ccc(N(c3ccccc3)c3ccc(-c4cccc5oc6c7ccccc7ccc6c45)cc3)cc2)cc1. The molecule has 0 saturated heterocycles. The predicted molar refractivity (Wildman–Crippen MR) is 202 cm³/mol. The maximum Gasteiger partial charge on any atom is 0.143 e. The fraction of sp³-hybridized carbons (Fsp3) is 0. The number of fused-ring (bicyclic) bond motifs is 5. The van der Waals surface area contributed by atoms with Crippen molar-refractivity contribution >= 4 is 49.8 Å². The van der Waals surface area contributed by atoms with Gasteiger partial charge in [-0.3, -0.25) is 0 Å². The summed E-state index contributed by atoms with van der Waals surface area (Å²) < 4.78 is 6.47. The van der Waals surface area contributed by atoms with Gasteiger partial charge in [-0.1, -0.05) is 140 Å². The van der Waals surface area contributed by atoms with E-state index in [9.17, 15) is 0 Å². The quantitative estimate of drug-likeness (QED) is 0.185. The van der Waals surface area contributed by atoms with Crippen molar-refractivity contribution in [2.75, 3.05) is 4.90 Å². The van der Waals surface area contributed by atoms with Crippen molar-refractivity contribution in [2.24, 2.45) is 0 Å². The average Bonchev–Trinajstić information content (AvgIpc) is 3.56. The molecule has 0 fully saturated rings. The molecular formula is C46H31NO. The first kappa shape index (κ1) is 27.9. The van der Waals surface area contributed by atoms with Gasteiger partial charge in [-0.25, -0.2) is 0 Å². The maximum atomic E-state index is 6.47. The third kappa shape index (κ3) is 4.83. The van der Waals surface area contributed by atoms with E-state index in [1.165, 1.54) is 33.2 Å². The van der Waals surface area contributed by atoms with Crippen LogP contribution in [0.3, 0.4) is 0 Å². The van der Waals surface area contributed by atoms with Crippen molar-refractivity contribution in [3.05, 3.63) is 188 Å². The Kier molecular flexibility index (Phi) is 6.84. The fourth-order valence-corrected chi connectivity index (χ4v) is 7.00. The fourth-order valence-electron chi connectivity index (χ4n) is 7.00. The first-order chi connectivity index (χ1) is 23.8. The average molecular weight is 614 g/mol. The molecule has 48 heavy (non-hydrogen) atoms. The highest BCUT2D eigenvalue weighted by atomic mass is 16.3. The lowest BCUT2D eigenvalue weighted by atomic mass is 9.94. The van der Waals surface area contributed by atoms with Crippen LogP contribution >= 0.6 is 0 Å². The van der Waals surface area contributed by atoms with Crippen LogP contribution in [0, 0.1) is 0 Å². The van der Waals surface area contributed by atoms with Gasteiger partial charge in [0.05, 0.1) is 0 Å². The van der Waals surface area contributed by atoms with Gasteiger partial charge in [-0.05, 0) is 87.3 Å². The van der Waals surface area contributed by atoms with Crippen LogP contribution in [0.4, 0.5) is 17.1 Å². The molecule has 8 aromatic carbocycles. The Labute approximate surface area is 279 Å². The zero-order chi connectivity index (χ0) is 31.9. The molecule has 0 unspecified atom stereocenters. The van der Waals surface area contributed by atoms with E-state index in [0.717, 1.165) is 50.0 Å². The molecule has 226 valence electrons. The van der Waals surface area contributed by atoms with Gasteiger partial charge in [0.2, 0.25) is 0 Å². The summed E-state index contributed by atoms with van der Waals surface area (Å²) in [7, 11) is 0. The zero-order valence-corrected chi connectivity index (χ0v) is 26.3. The molecule has 2 heteroatoms. The molecule has 9 rings (SSSR count). The molecule has 0 spiro atoms. The predicted octanol–water partition coefficient (Wildman–Crippen LogP) is 13.2. The lowest BCUT2D eigenvalue weighted by Crippen LogP contribution is -2.09. The number of benzene rings is 8. The Hall–Kier alpha value is -6.38. The van der Waals surface area contributed by atoms with Gasteiger partial charge in [0.25, 0.3) is 0 Å². The molecule has 0 atom stereocenters. The van der Waals surface area contributed by atoms with Crippen LogP contribution in [-0.2, 0) is 0 Å². The van der Waals surface area contributed by atoms with Gasteiger partial charge in [-0.15, -0.1) is 0 Å². The molecule has 0 amide bonds. The molecular weight excluding hydrogens is 583 g/mol. The Morgan fingerprint density at radius 3 is 1.54 bits per heavy atom. The molecule has 2 nitrogen and oxygen atoms in total. The molecule has 0 N–H and O–H groups in total. The van der Waals surface area contributed by atoms with Crippen LogP contribution in [0.25, 0.3) is 66.1 Å². The first-order valence-corrected chi connectivity index (χ1v) is 16.4. The summed E-state index contributed by atoms with van der Waals surface area (Å²) in [5.74, 6) is 0. The van der Waals surface area contributed by atoms with Gasteiger partial charge >= 0.3 is 0 Å². The monoisotopic (exact) mass is 613 g/mol. The minimum Gasteiger partial charge on any atom is -0.455 e. The van der Waals surface area contributed by atoms with Crippen LogP contribution in [-0.4, -0.2) is 0 Å². The first-order valence-electron chi connectivity index (χ1n) is 16.4. The second-order valence-corrected chi connectivity index (χ2v) is 12.1. The second kappa shape index (κ2) is 11.8. The van der Waals surface area contributed by atoms with E-state index in [1.807, 2.05) is 0 Å². The Morgan fingerprint density at radius 2 is 0.854 bits per heavy atom. The number of hydrogen-bond donors (Lipinski definition) is 0. The highest BCUT2D eigenvalue weighted by Crippen LogP contribution is 2.41. The molecule has 0 bridgehead atoms. The Morgan fingerprint density at radius 1 is 0.333 bits per heavy atom. The third-order valence-corrected chi connectivity index (χ3v) is 9.29. The smallest absolute Gasteiger partial charge is 0.143 e. The van der Waals surface area contributed by atoms with Crippen molar-refractivity contribution in [2.45, 2.75) is 0 Å². The number of furan rings is 1. The number of para-hydroxylation sites is 1. The largest absolute Gasteiger partial charge is 0.455 e. The van der Waals surface area contributed by atoms with Crippen LogP contribution in [0.5, 0.6) is 0 Å². The van der Waals surface area contributed by atoms with Crippen molar-refractivity contribution in [1.82, 2.24) is 0 Å². The van der Waals surface area contributed by atoms with Crippen LogP contribution < -0.4 is 4.90 Å². The lowest BCUT2D eigenvalue weighted by Gasteiger charge is -2.26. The molecule has 0 aliphatic rings. The van der Waals surface area contributed by atoms with E-state index >= 15 is 0 Å². The van der Waals surface area contributed by atoms with E-state index in [4.69, 9.17) is 4.42 Å². The van der Waals surface area contributed by atoms with Gasteiger partial charge in [0.15, 0.2) is 0 Å². The standard InChI is InChI=1S/C46H31NO/c1-3-12-32(13-4-1)39-17-9-10-18-40(39)34-22-27-37(28-23-34)47(36-15-5-2-6-16-36)38-29-24-35(25-30-38)41-20-11-21-44-45(41)43-31-26-33-14-7-8-19-42(33)46(43)48-44/h1-31H. The summed E-state index contributed by atoms with van der Waals surface area (Å²) in [4.78, 5) is 2.32. The van der Waals surface area contributed by atoms with Crippen LogP contribution in [0.1, 0.15) is 0 Å². The highest BCUT2D eigenvalue weighted by molar-refractivity contribution is 6.19. The van der Waals surface area contributed by atoms with Gasteiger partial charge < -0.3 is 9.32 Å². The number of hydrogen-bond acceptors (Lipinski definition) is 2. The minimum atomic E-state index is 0.905. The van der Waals surface area contributed by atoms with Crippen molar-refractivity contribution < 1.29 is 4.42 Å². The third-order valence-electron chi connectivity index (χ3n) is 9.29. The lowest BCUT2D eigenvalue weighted by molar-refractivity contribution is 0.673. The molecule has 1 aromatic heterocycles. The van der Waals surface area contributed by atoms with Gasteiger partial charge in [-0.2, -0.15) is 0 Å². The number of nitrogens with zero attached hydrogens (tertiary/aromatic N) is 1. The molecule has 1 heterocycles. The van der Waals surface area contributed by atoms with Gasteiger partial charge in [0.1, 0.15) is 11.2 Å². The topological polar surface area (TPSA) is 16.4 Å². The highest BCUT2D eigenvalue weighted by Gasteiger charge is 2.17. The van der Waals surface area contributed by atoms with E-state index in [-0.39, 0.29) is 0 Å². The summed E-state index contributed by atoms with van der Waals surface area (Å²) in [5, 5.41) is 4.62. The van der Waals surface area contributed by atoms with E-state index in [1.54, 1.807) is 0 Å². The molecule has 0 radical (unpaired) electrons. The van der Waals surface area contributed by atoms with E-state index in [2.05, 4.69) is 193 Å². The van der Waals surface area contributed by atoms with Crippen molar-refractivity contribution in [1.29, 1.82) is 0 Å². The normalized spacial score (nSPS) is 11.3. The maximum absolute atomic E-state index is 6.47. The van der Waals surface area contributed by atoms with E-state index in [0.29, 0.717) is 0 Å².